The lowest BCUT2D eigenvalue weighted by Crippen LogP contribution is -2.31. The van der Waals surface area contributed by atoms with E-state index in [1.165, 1.54) is 4.90 Å². The predicted molar refractivity (Wildman–Crippen MR) is 97.3 cm³/mol. The van der Waals surface area contributed by atoms with Gasteiger partial charge in [0.05, 0.1) is 11.1 Å². The number of carbonyl (C=O) groups is 3. The number of imide groups is 1. The molecule has 0 atom stereocenters. The number of fused-ring (bicyclic) bond motifs is 1. The minimum atomic E-state index is -0.363. The molecule has 2 amide bonds. The maximum Gasteiger partial charge on any atom is 0.311 e. The molecule has 26 heavy (non-hydrogen) atoms. The zero-order chi connectivity index (χ0) is 18.8. The minimum absolute atomic E-state index is 0.139. The van der Waals surface area contributed by atoms with Crippen LogP contribution >= 0.6 is 0 Å². The maximum atomic E-state index is 12.3. The van der Waals surface area contributed by atoms with Crippen molar-refractivity contribution in [2.45, 2.75) is 33.6 Å². The lowest BCUT2D eigenvalue weighted by Gasteiger charge is -2.14. The first-order valence-corrected chi connectivity index (χ1v) is 8.63. The maximum absolute atomic E-state index is 12.3. The quantitative estimate of drug-likeness (QED) is 0.469. The molecule has 1 aliphatic rings. The van der Waals surface area contributed by atoms with E-state index < -0.39 is 0 Å². The van der Waals surface area contributed by atoms with Gasteiger partial charge in [0, 0.05) is 13.0 Å². The largest absolute Gasteiger partial charge is 0.426 e. The topological polar surface area (TPSA) is 63.7 Å². The van der Waals surface area contributed by atoms with Crippen molar-refractivity contribution in [1.82, 2.24) is 4.90 Å². The van der Waals surface area contributed by atoms with Gasteiger partial charge in [0.2, 0.25) is 0 Å². The van der Waals surface area contributed by atoms with Crippen LogP contribution in [0.4, 0.5) is 0 Å². The third kappa shape index (κ3) is 3.25. The zero-order valence-corrected chi connectivity index (χ0v) is 15.2. The van der Waals surface area contributed by atoms with E-state index in [1.807, 2.05) is 32.9 Å². The fraction of sp³-hybridized carbons (Fsp3) is 0.286. The Bertz CT molecular complexity index is 866. The summed E-state index contributed by atoms with van der Waals surface area (Å²) in [6.07, 6.45) is 0.508. The molecular weight excluding hydrogens is 330 g/mol. The van der Waals surface area contributed by atoms with Gasteiger partial charge in [-0.25, -0.2) is 0 Å². The van der Waals surface area contributed by atoms with Crippen molar-refractivity contribution in [3.05, 3.63) is 64.2 Å². The summed E-state index contributed by atoms with van der Waals surface area (Å²) in [7, 11) is 0. The number of amides is 2. The Morgan fingerprint density at radius 1 is 0.923 bits per heavy atom. The smallest absolute Gasteiger partial charge is 0.311 e. The molecule has 0 N–H and O–H groups in total. The van der Waals surface area contributed by atoms with E-state index in [0.717, 1.165) is 16.7 Å². The van der Waals surface area contributed by atoms with Gasteiger partial charge in [0.25, 0.3) is 11.8 Å². The van der Waals surface area contributed by atoms with Crippen LogP contribution in [0.3, 0.4) is 0 Å². The van der Waals surface area contributed by atoms with Gasteiger partial charge in [-0.1, -0.05) is 24.3 Å². The lowest BCUT2D eigenvalue weighted by molar-refractivity contribution is -0.134. The molecule has 0 bridgehead atoms. The van der Waals surface area contributed by atoms with Crippen molar-refractivity contribution >= 4 is 17.8 Å². The first-order valence-electron chi connectivity index (χ1n) is 8.63. The summed E-state index contributed by atoms with van der Waals surface area (Å²) in [5.41, 5.74) is 3.75. The summed E-state index contributed by atoms with van der Waals surface area (Å²) in [5, 5.41) is 0. The number of nitrogens with zero attached hydrogens (tertiary/aromatic N) is 1. The van der Waals surface area contributed by atoms with E-state index in [-0.39, 0.29) is 30.7 Å². The summed E-state index contributed by atoms with van der Waals surface area (Å²) in [4.78, 5) is 37.9. The molecule has 1 heterocycles. The van der Waals surface area contributed by atoms with E-state index in [9.17, 15) is 14.4 Å². The van der Waals surface area contributed by atoms with Crippen LogP contribution in [0.2, 0.25) is 0 Å². The summed E-state index contributed by atoms with van der Waals surface area (Å²) in [5.74, 6) is -0.372. The Balaban J connectivity index is 1.58. The second-order valence-corrected chi connectivity index (χ2v) is 6.54. The van der Waals surface area contributed by atoms with Crippen molar-refractivity contribution < 1.29 is 19.1 Å². The van der Waals surface area contributed by atoms with Gasteiger partial charge in [-0.2, -0.15) is 0 Å². The van der Waals surface area contributed by atoms with E-state index in [0.29, 0.717) is 23.3 Å². The molecule has 0 fully saturated rings. The van der Waals surface area contributed by atoms with Crippen LogP contribution in [-0.2, 0) is 4.79 Å². The van der Waals surface area contributed by atoms with Crippen LogP contribution in [0.15, 0.2) is 36.4 Å². The highest BCUT2D eigenvalue weighted by Crippen LogP contribution is 2.26. The number of hydrogen-bond donors (Lipinski definition) is 0. The van der Waals surface area contributed by atoms with Gasteiger partial charge in [-0.15, -0.1) is 0 Å². The number of rotatable bonds is 5. The molecule has 2 aromatic carbocycles. The highest BCUT2D eigenvalue weighted by atomic mass is 16.5. The number of esters is 1. The van der Waals surface area contributed by atoms with Gasteiger partial charge >= 0.3 is 5.97 Å². The lowest BCUT2D eigenvalue weighted by atomic mass is 10.1. The minimum Gasteiger partial charge on any atom is -0.426 e. The van der Waals surface area contributed by atoms with Crippen LogP contribution in [0, 0.1) is 20.8 Å². The van der Waals surface area contributed by atoms with Gasteiger partial charge in [0.1, 0.15) is 5.75 Å². The van der Waals surface area contributed by atoms with Crippen LogP contribution in [-0.4, -0.2) is 29.2 Å². The molecule has 0 saturated carbocycles. The summed E-state index contributed by atoms with van der Waals surface area (Å²) in [6.45, 7) is 5.99. The molecule has 2 aromatic rings. The number of carbonyl (C=O) groups excluding carboxylic acids is 3. The molecule has 0 aliphatic carbocycles. The molecule has 134 valence electrons. The highest BCUT2D eigenvalue weighted by Gasteiger charge is 2.34. The molecule has 0 saturated heterocycles. The fourth-order valence-corrected chi connectivity index (χ4v) is 3.07. The van der Waals surface area contributed by atoms with Crippen LogP contribution in [0.1, 0.15) is 50.2 Å². The molecule has 0 unspecified atom stereocenters. The standard InChI is InChI=1S/C21H21NO4/c1-13-10-11-14(2)19(15(13)3)26-18(23)9-6-12-22-20(24)16-7-4-5-8-17(16)21(22)25/h4-5,7-8,10-11H,6,9,12H2,1-3H3. The van der Waals surface area contributed by atoms with E-state index in [2.05, 4.69) is 0 Å². The Morgan fingerprint density at radius 2 is 1.50 bits per heavy atom. The molecule has 0 aromatic heterocycles. The van der Waals surface area contributed by atoms with Gasteiger partial charge in [0.15, 0.2) is 0 Å². The molecule has 0 radical (unpaired) electrons. The third-order valence-corrected chi connectivity index (χ3v) is 4.73. The third-order valence-electron chi connectivity index (χ3n) is 4.73. The van der Waals surface area contributed by atoms with Crippen molar-refractivity contribution in [3.8, 4) is 5.75 Å². The number of ether oxygens (including phenoxy) is 1. The molecule has 5 nitrogen and oxygen atoms in total. The number of aryl methyl sites for hydroxylation is 2. The highest BCUT2D eigenvalue weighted by molar-refractivity contribution is 6.21. The summed E-state index contributed by atoms with van der Waals surface area (Å²) in [6, 6.07) is 10.7. The van der Waals surface area contributed by atoms with E-state index in [1.54, 1.807) is 24.3 Å². The van der Waals surface area contributed by atoms with Crippen LogP contribution in [0.25, 0.3) is 0 Å². The van der Waals surface area contributed by atoms with Gasteiger partial charge in [-0.05, 0) is 56.0 Å². The van der Waals surface area contributed by atoms with Gasteiger partial charge in [-0.3, -0.25) is 19.3 Å². The predicted octanol–water partition coefficient (Wildman–Crippen LogP) is 3.59. The van der Waals surface area contributed by atoms with Crippen molar-refractivity contribution in [2.75, 3.05) is 6.54 Å². The molecule has 1 aliphatic heterocycles. The van der Waals surface area contributed by atoms with Crippen LogP contribution < -0.4 is 4.74 Å². The normalized spacial score (nSPS) is 13.1. The molecule has 5 heteroatoms. The average molecular weight is 351 g/mol. The molecular formula is C21H21NO4. The molecule has 3 rings (SSSR count). The summed E-state index contributed by atoms with van der Waals surface area (Å²) < 4.78 is 5.51. The van der Waals surface area contributed by atoms with Crippen LogP contribution in [0.5, 0.6) is 5.75 Å². The summed E-state index contributed by atoms with van der Waals surface area (Å²) >= 11 is 0. The number of benzene rings is 2. The second kappa shape index (κ2) is 7.12. The van der Waals surface area contributed by atoms with E-state index in [4.69, 9.17) is 4.74 Å². The fourth-order valence-electron chi connectivity index (χ4n) is 3.07. The monoisotopic (exact) mass is 351 g/mol. The average Bonchev–Trinajstić information content (AvgIpc) is 2.87. The first-order chi connectivity index (χ1) is 12.4. The molecule has 0 spiro atoms. The Kier molecular flexibility index (Phi) is 4.89. The Morgan fingerprint density at radius 3 is 2.12 bits per heavy atom. The van der Waals surface area contributed by atoms with Crippen molar-refractivity contribution in [3.63, 3.8) is 0 Å². The zero-order valence-electron chi connectivity index (χ0n) is 15.2. The number of hydrogen-bond acceptors (Lipinski definition) is 4. The Hall–Kier alpha value is -2.95. The Labute approximate surface area is 152 Å². The van der Waals surface area contributed by atoms with E-state index >= 15 is 0 Å². The van der Waals surface area contributed by atoms with Crippen molar-refractivity contribution in [2.24, 2.45) is 0 Å². The van der Waals surface area contributed by atoms with Crippen molar-refractivity contribution in [1.29, 1.82) is 0 Å². The second-order valence-electron chi connectivity index (χ2n) is 6.54. The SMILES string of the molecule is Cc1ccc(C)c(OC(=O)CCCN2C(=O)c3ccccc3C2=O)c1C. The first kappa shape index (κ1) is 17.9. The van der Waals surface area contributed by atoms with Gasteiger partial charge < -0.3 is 4.74 Å².